The number of aromatic nitrogens is 1. The number of rotatable bonds is 4. The number of pyridine rings is 1. The second-order valence-electron chi connectivity index (χ2n) is 5.15. The summed E-state index contributed by atoms with van der Waals surface area (Å²) in [7, 11) is 0. The number of hydrogen-bond donors (Lipinski definition) is 1. The molecule has 0 unspecified atom stereocenters. The lowest BCUT2D eigenvalue weighted by molar-refractivity contribution is 0.587. The van der Waals surface area contributed by atoms with Gasteiger partial charge in [-0.1, -0.05) is 12.1 Å². The predicted molar refractivity (Wildman–Crippen MR) is 74.2 cm³/mol. The van der Waals surface area contributed by atoms with Crippen molar-refractivity contribution in [3.63, 3.8) is 0 Å². The first-order valence-electron chi connectivity index (χ1n) is 6.67. The Hall–Kier alpha value is -1.74. The molecule has 98 valence electrons. The van der Waals surface area contributed by atoms with Gasteiger partial charge < -0.3 is 5.32 Å². The number of benzene rings is 1. The van der Waals surface area contributed by atoms with Gasteiger partial charge in [0.2, 0.25) is 0 Å². The first-order valence-corrected chi connectivity index (χ1v) is 6.67. The number of aryl methyl sites for hydroxylation is 1. The van der Waals surface area contributed by atoms with E-state index in [1.165, 1.54) is 12.8 Å². The molecule has 0 saturated heterocycles. The molecule has 1 aliphatic rings. The van der Waals surface area contributed by atoms with E-state index in [9.17, 15) is 4.39 Å². The van der Waals surface area contributed by atoms with Crippen LogP contribution >= 0.6 is 0 Å². The van der Waals surface area contributed by atoms with Crippen LogP contribution in [0.3, 0.4) is 0 Å². The summed E-state index contributed by atoms with van der Waals surface area (Å²) in [5, 5.41) is 3.33. The van der Waals surface area contributed by atoms with Crippen molar-refractivity contribution >= 4 is 0 Å². The van der Waals surface area contributed by atoms with Crippen molar-refractivity contribution < 1.29 is 4.39 Å². The molecule has 2 nitrogen and oxygen atoms in total. The number of nitrogens with one attached hydrogen (secondary N) is 1. The largest absolute Gasteiger partial charge is 0.310 e. The SMILES string of the molecule is Cc1cc(-c2ccc(CNC3CC3)c(F)c2)ccn1. The van der Waals surface area contributed by atoms with Crippen molar-refractivity contribution in [3.8, 4) is 11.1 Å². The minimum atomic E-state index is -0.139. The van der Waals surface area contributed by atoms with Gasteiger partial charge in [0.05, 0.1) is 0 Å². The van der Waals surface area contributed by atoms with Crippen molar-refractivity contribution in [3.05, 3.63) is 53.6 Å². The zero-order chi connectivity index (χ0) is 13.2. The monoisotopic (exact) mass is 256 g/mol. The fourth-order valence-corrected chi connectivity index (χ4v) is 2.14. The van der Waals surface area contributed by atoms with Gasteiger partial charge in [-0.25, -0.2) is 4.39 Å². The maximum absolute atomic E-state index is 14.1. The summed E-state index contributed by atoms with van der Waals surface area (Å²) in [6.07, 6.45) is 4.19. The second-order valence-corrected chi connectivity index (χ2v) is 5.15. The highest BCUT2D eigenvalue weighted by Gasteiger charge is 2.20. The minimum Gasteiger partial charge on any atom is -0.310 e. The lowest BCUT2D eigenvalue weighted by Crippen LogP contribution is -2.16. The van der Waals surface area contributed by atoms with Gasteiger partial charge in [0, 0.05) is 30.0 Å². The molecule has 0 atom stereocenters. The summed E-state index contributed by atoms with van der Waals surface area (Å²) >= 11 is 0. The normalized spacial score (nSPS) is 14.6. The van der Waals surface area contributed by atoms with Gasteiger partial charge in [-0.2, -0.15) is 0 Å². The molecule has 2 aromatic rings. The molecule has 0 amide bonds. The van der Waals surface area contributed by atoms with E-state index in [4.69, 9.17) is 0 Å². The zero-order valence-electron chi connectivity index (χ0n) is 11.0. The molecule has 1 saturated carbocycles. The van der Waals surface area contributed by atoms with E-state index in [0.717, 1.165) is 22.4 Å². The van der Waals surface area contributed by atoms with Crippen molar-refractivity contribution in [1.82, 2.24) is 10.3 Å². The van der Waals surface area contributed by atoms with E-state index in [1.54, 1.807) is 12.3 Å². The summed E-state index contributed by atoms with van der Waals surface area (Å²) in [5.41, 5.74) is 3.59. The molecule has 19 heavy (non-hydrogen) atoms. The van der Waals surface area contributed by atoms with Crippen LogP contribution in [0.2, 0.25) is 0 Å². The highest BCUT2D eigenvalue weighted by atomic mass is 19.1. The number of hydrogen-bond acceptors (Lipinski definition) is 2. The van der Waals surface area contributed by atoms with Gasteiger partial charge in [-0.15, -0.1) is 0 Å². The van der Waals surface area contributed by atoms with Crippen LogP contribution in [0.15, 0.2) is 36.5 Å². The van der Waals surface area contributed by atoms with E-state index in [-0.39, 0.29) is 5.82 Å². The summed E-state index contributed by atoms with van der Waals surface area (Å²) < 4.78 is 14.1. The molecule has 0 spiro atoms. The molecule has 1 heterocycles. The highest BCUT2D eigenvalue weighted by Crippen LogP contribution is 2.23. The van der Waals surface area contributed by atoms with Crippen LogP contribution in [-0.2, 0) is 6.54 Å². The third-order valence-electron chi connectivity index (χ3n) is 3.44. The first kappa shape index (κ1) is 12.3. The molecule has 3 rings (SSSR count). The Morgan fingerprint density at radius 1 is 1.21 bits per heavy atom. The van der Waals surface area contributed by atoms with E-state index in [2.05, 4.69) is 10.3 Å². The maximum Gasteiger partial charge on any atom is 0.128 e. The summed E-state index contributed by atoms with van der Waals surface area (Å²) in [6, 6.07) is 9.93. The topological polar surface area (TPSA) is 24.9 Å². The van der Waals surface area contributed by atoms with E-state index in [1.807, 2.05) is 31.2 Å². The van der Waals surface area contributed by atoms with E-state index in [0.29, 0.717) is 12.6 Å². The summed E-state index contributed by atoms with van der Waals surface area (Å²) in [6.45, 7) is 2.56. The molecule has 0 radical (unpaired) electrons. The van der Waals surface area contributed by atoms with Crippen LogP contribution in [-0.4, -0.2) is 11.0 Å². The van der Waals surface area contributed by atoms with Crippen LogP contribution in [0.4, 0.5) is 4.39 Å². The summed E-state index contributed by atoms with van der Waals surface area (Å²) in [5.74, 6) is -0.139. The minimum absolute atomic E-state index is 0.139. The molecule has 1 fully saturated rings. The average Bonchev–Trinajstić information content (AvgIpc) is 3.21. The van der Waals surface area contributed by atoms with Crippen LogP contribution in [0.25, 0.3) is 11.1 Å². The third-order valence-corrected chi connectivity index (χ3v) is 3.44. The second kappa shape index (κ2) is 5.10. The fraction of sp³-hybridized carbons (Fsp3) is 0.312. The molecule has 1 N–H and O–H groups in total. The van der Waals surface area contributed by atoms with Crippen molar-refractivity contribution in [2.75, 3.05) is 0 Å². The molecule has 3 heteroatoms. The van der Waals surface area contributed by atoms with Crippen molar-refractivity contribution in [2.24, 2.45) is 0 Å². The number of nitrogens with zero attached hydrogens (tertiary/aromatic N) is 1. The smallest absolute Gasteiger partial charge is 0.128 e. The Morgan fingerprint density at radius 3 is 2.68 bits per heavy atom. The maximum atomic E-state index is 14.1. The predicted octanol–water partition coefficient (Wildman–Crippen LogP) is 3.45. The lowest BCUT2D eigenvalue weighted by atomic mass is 10.0. The Kier molecular flexibility index (Phi) is 3.30. The molecular weight excluding hydrogens is 239 g/mol. The van der Waals surface area contributed by atoms with Gasteiger partial charge in [-0.3, -0.25) is 4.98 Å². The van der Waals surface area contributed by atoms with Crippen LogP contribution in [0, 0.1) is 12.7 Å². The Morgan fingerprint density at radius 2 is 2.00 bits per heavy atom. The van der Waals surface area contributed by atoms with Gasteiger partial charge in [0.15, 0.2) is 0 Å². The number of halogens is 1. The van der Waals surface area contributed by atoms with Gasteiger partial charge in [0.25, 0.3) is 0 Å². The molecule has 1 aromatic heterocycles. The molecule has 0 aliphatic heterocycles. The standard InChI is InChI=1S/C16H17FN2/c1-11-8-13(6-7-18-11)12-2-3-14(16(17)9-12)10-19-15-4-5-15/h2-3,6-9,15,19H,4-5,10H2,1H3. The fourth-order valence-electron chi connectivity index (χ4n) is 2.14. The molecule has 1 aliphatic carbocycles. The van der Waals surface area contributed by atoms with Crippen molar-refractivity contribution in [2.45, 2.75) is 32.4 Å². The first-order chi connectivity index (χ1) is 9.22. The molecule has 0 bridgehead atoms. The van der Waals surface area contributed by atoms with Gasteiger partial charge >= 0.3 is 0 Å². The third kappa shape index (κ3) is 2.99. The highest BCUT2D eigenvalue weighted by molar-refractivity contribution is 5.63. The lowest BCUT2D eigenvalue weighted by Gasteiger charge is -2.08. The average molecular weight is 256 g/mol. The quantitative estimate of drug-likeness (QED) is 0.906. The van der Waals surface area contributed by atoms with Gasteiger partial charge in [-0.05, 0) is 49.1 Å². The molecular formula is C16H17FN2. The zero-order valence-corrected chi connectivity index (χ0v) is 11.0. The van der Waals surface area contributed by atoms with E-state index >= 15 is 0 Å². The molecule has 1 aromatic carbocycles. The van der Waals surface area contributed by atoms with Crippen LogP contribution in [0.1, 0.15) is 24.1 Å². The van der Waals surface area contributed by atoms with Gasteiger partial charge in [0.1, 0.15) is 5.82 Å². The van der Waals surface area contributed by atoms with Crippen LogP contribution in [0.5, 0.6) is 0 Å². The Labute approximate surface area is 112 Å². The Bertz CT molecular complexity index is 591. The van der Waals surface area contributed by atoms with Crippen LogP contribution < -0.4 is 5.32 Å². The summed E-state index contributed by atoms with van der Waals surface area (Å²) in [4.78, 5) is 4.16. The van der Waals surface area contributed by atoms with E-state index < -0.39 is 0 Å². The Balaban J connectivity index is 1.81. The van der Waals surface area contributed by atoms with Crippen molar-refractivity contribution in [1.29, 1.82) is 0 Å².